The predicted molar refractivity (Wildman–Crippen MR) is 65.4 cm³/mol. The molecule has 1 aliphatic rings. The van der Waals surface area contributed by atoms with Gasteiger partial charge in [0.05, 0.1) is 5.69 Å². The molecule has 16 heavy (non-hydrogen) atoms. The van der Waals surface area contributed by atoms with Crippen molar-refractivity contribution >= 4 is 27.5 Å². The van der Waals surface area contributed by atoms with E-state index in [0.717, 1.165) is 10.9 Å². The molecule has 0 aliphatic carbocycles. The van der Waals surface area contributed by atoms with Crippen LogP contribution in [0.25, 0.3) is 0 Å². The second-order valence-corrected chi connectivity index (χ2v) is 4.83. The van der Waals surface area contributed by atoms with Crippen molar-refractivity contribution in [3.05, 3.63) is 29.6 Å². The molecule has 0 aromatic heterocycles. The van der Waals surface area contributed by atoms with Crippen LogP contribution in [0.15, 0.2) is 18.2 Å². The maximum Gasteiger partial charge on any atom is 0.227 e. The minimum absolute atomic E-state index is 0.00667. The van der Waals surface area contributed by atoms with E-state index in [1.54, 1.807) is 11.0 Å². The molecular weight excluding hydrogens is 273 g/mol. The van der Waals surface area contributed by atoms with E-state index in [-0.39, 0.29) is 17.6 Å². The van der Waals surface area contributed by atoms with Crippen LogP contribution >= 0.6 is 15.9 Å². The van der Waals surface area contributed by atoms with Crippen LogP contribution in [0, 0.1) is 18.7 Å². The Bertz CT molecular complexity index is 421. The number of nitrogens with zero attached hydrogens (tertiary/aromatic N) is 1. The molecule has 0 radical (unpaired) electrons. The number of alkyl halides is 1. The third-order valence-electron chi connectivity index (χ3n) is 2.82. The van der Waals surface area contributed by atoms with Gasteiger partial charge in [-0.15, -0.1) is 0 Å². The van der Waals surface area contributed by atoms with Gasteiger partial charge in [0.25, 0.3) is 0 Å². The number of benzene rings is 1. The molecule has 0 N–H and O–H groups in total. The first-order valence-corrected chi connectivity index (χ1v) is 6.36. The number of rotatable bonds is 2. The van der Waals surface area contributed by atoms with E-state index in [2.05, 4.69) is 15.9 Å². The highest BCUT2D eigenvalue weighted by Gasteiger charge is 2.31. The third kappa shape index (κ3) is 2.12. The lowest BCUT2D eigenvalue weighted by atomic mass is 10.1. The fourth-order valence-corrected chi connectivity index (χ4v) is 2.38. The van der Waals surface area contributed by atoms with Gasteiger partial charge in [-0.1, -0.05) is 22.0 Å². The Hall–Kier alpha value is -0.900. The van der Waals surface area contributed by atoms with Crippen molar-refractivity contribution in [2.24, 2.45) is 5.92 Å². The number of carbonyl (C=O) groups excluding carboxylic acids is 1. The highest BCUT2D eigenvalue weighted by Crippen LogP contribution is 2.28. The van der Waals surface area contributed by atoms with Gasteiger partial charge in [-0.05, 0) is 30.5 Å². The van der Waals surface area contributed by atoms with Gasteiger partial charge in [-0.3, -0.25) is 4.79 Å². The number of carbonyl (C=O) groups is 1. The van der Waals surface area contributed by atoms with Crippen LogP contribution in [0.5, 0.6) is 0 Å². The molecule has 4 heteroatoms. The maximum absolute atomic E-state index is 13.7. The molecule has 1 heterocycles. The van der Waals surface area contributed by atoms with Gasteiger partial charge in [-0.2, -0.15) is 0 Å². The van der Waals surface area contributed by atoms with Crippen molar-refractivity contribution in [1.29, 1.82) is 0 Å². The molecule has 1 aromatic rings. The number of aryl methyl sites for hydroxylation is 1. The molecule has 1 aliphatic heterocycles. The molecule has 1 fully saturated rings. The Morgan fingerprint density at radius 1 is 1.56 bits per heavy atom. The predicted octanol–water partition coefficient (Wildman–Crippen LogP) is 2.88. The average Bonchev–Trinajstić information content (AvgIpc) is 2.60. The highest BCUT2D eigenvalue weighted by molar-refractivity contribution is 9.09. The fraction of sp³-hybridized carbons (Fsp3) is 0.417. The van der Waals surface area contributed by atoms with E-state index in [0.29, 0.717) is 18.7 Å². The van der Waals surface area contributed by atoms with Crippen LogP contribution in [-0.2, 0) is 4.79 Å². The second-order valence-electron chi connectivity index (χ2n) is 4.18. The molecule has 1 atom stereocenters. The van der Waals surface area contributed by atoms with Gasteiger partial charge < -0.3 is 4.90 Å². The number of halogens is 2. The Morgan fingerprint density at radius 3 is 2.88 bits per heavy atom. The van der Waals surface area contributed by atoms with E-state index in [4.69, 9.17) is 0 Å². The van der Waals surface area contributed by atoms with Gasteiger partial charge in [-0.25, -0.2) is 4.39 Å². The molecule has 0 bridgehead atoms. The smallest absolute Gasteiger partial charge is 0.227 e. The van der Waals surface area contributed by atoms with Crippen molar-refractivity contribution in [3.63, 3.8) is 0 Å². The van der Waals surface area contributed by atoms with Crippen molar-refractivity contribution in [3.8, 4) is 0 Å². The van der Waals surface area contributed by atoms with Gasteiger partial charge in [0.2, 0.25) is 5.91 Å². The standard InChI is InChI=1S/C12H13BrFNO/c1-8-2-3-11(10(14)4-8)15-7-9(6-13)5-12(15)16/h2-4,9H,5-7H2,1H3. The van der Waals surface area contributed by atoms with Crippen LogP contribution in [0.1, 0.15) is 12.0 Å². The first kappa shape index (κ1) is 11.6. The lowest BCUT2D eigenvalue weighted by molar-refractivity contribution is -0.117. The summed E-state index contributed by atoms with van der Waals surface area (Å²) < 4.78 is 13.7. The Kier molecular flexibility index (Phi) is 3.28. The summed E-state index contributed by atoms with van der Waals surface area (Å²) in [7, 11) is 0. The number of hydrogen-bond donors (Lipinski definition) is 0. The fourth-order valence-electron chi connectivity index (χ4n) is 1.95. The molecule has 1 amide bonds. The molecule has 1 saturated heterocycles. The number of amides is 1. The lowest BCUT2D eigenvalue weighted by Gasteiger charge is -2.17. The monoisotopic (exact) mass is 285 g/mol. The normalized spacial score (nSPS) is 20.6. The quantitative estimate of drug-likeness (QED) is 0.765. The van der Waals surface area contributed by atoms with Crippen molar-refractivity contribution in [2.75, 3.05) is 16.8 Å². The van der Waals surface area contributed by atoms with Crippen LogP contribution in [0.4, 0.5) is 10.1 Å². The Morgan fingerprint density at radius 2 is 2.31 bits per heavy atom. The van der Waals surface area contributed by atoms with Crippen LogP contribution < -0.4 is 4.90 Å². The summed E-state index contributed by atoms with van der Waals surface area (Å²) in [4.78, 5) is 13.3. The summed E-state index contributed by atoms with van der Waals surface area (Å²) in [5.74, 6) is -0.0241. The number of anilines is 1. The summed E-state index contributed by atoms with van der Waals surface area (Å²) in [5, 5.41) is 0.780. The van der Waals surface area contributed by atoms with E-state index in [1.165, 1.54) is 6.07 Å². The van der Waals surface area contributed by atoms with Gasteiger partial charge in [0.15, 0.2) is 0 Å². The second kappa shape index (κ2) is 4.53. The summed E-state index contributed by atoms with van der Waals surface area (Å²) in [5.41, 5.74) is 1.27. The lowest BCUT2D eigenvalue weighted by Crippen LogP contribution is -2.25. The van der Waals surface area contributed by atoms with Crippen LogP contribution in [0.2, 0.25) is 0 Å². The molecule has 1 unspecified atom stereocenters. The first-order valence-electron chi connectivity index (χ1n) is 5.24. The van der Waals surface area contributed by atoms with E-state index < -0.39 is 0 Å². The average molecular weight is 286 g/mol. The molecule has 0 spiro atoms. The Labute approximate surface area is 103 Å². The van der Waals surface area contributed by atoms with Crippen molar-refractivity contribution < 1.29 is 9.18 Å². The van der Waals surface area contributed by atoms with Gasteiger partial charge in [0.1, 0.15) is 5.82 Å². The topological polar surface area (TPSA) is 20.3 Å². The highest BCUT2D eigenvalue weighted by atomic mass is 79.9. The largest absolute Gasteiger partial charge is 0.309 e. The zero-order chi connectivity index (χ0) is 11.7. The van der Waals surface area contributed by atoms with E-state index >= 15 is 0 Å². The zero-order valence-electron chi connectivity index (χ0n) is 9.04. The van der Waals surface area contributed by atoms with Crippen LogP contribution in [0.3, 0.4) is 0 Å². The number of hydrogen-bond acceptors (Lipinski definition) is 1. The summed E-state index contributed by atoms with van der Waals surface area (Å²) in [6, 6.07) is 4.97. The molecular formula is C12H13BrFNO. The van der Waals surface area contributed by atoms with Crippen molar-refractivity contribution in [2.45, 2.75) is 13.3 Å². The SMILES string of the molecule is Cc1ccc(N2CC(CBr)CC2=O)c(F)c1. The van der Waals surface area contributed by atoms with Crippen LogP contribution in [-0.4, -0.2) is 17.8 Å². The summed E-state index contributed by atoms with van der Waals surface area (Å²) in [6.07, 6.45) is 0.499. The summed E-state index contributed by atoms with van der Waals surface area (Å²) >= 11 is 3.36. The van der Waals surface area contributed by atoms with Crippen molar-refractivity contribution in [1.82, 2.24) is 0 Å². The molecule has 2 rings (SSSR count). The van der Waals surface area contributed by atoms with Gasteiger partial charge in [0, 0.05) is 18.3 Å². The molecule has 1 aromatic carbocycles. The van der Waals surface area contributed by atoms with Gasteiger partial charge >= 0.3 is 0 Å². The molecule has 86 valence electrons. The molecule has 2 nitrogen and oxygen atoms in total. The Balaban J connectivity index is 2.28. The third-order valence-corrected chi connectivity index (χ3v) is 3.73. The summed E-state index contributed by atoms with van der Waals surface area (Å²) in [6.45, 7) is 2.43. The molecule has 0 saturated carbocycles. The maximum atomic E-state index is 13.7. The zero-order valence-corrected chi connectivity index (χ0v) is 10.6. The minimum Gasteiger partial charge on any atom is -0.309 e. The van der Waals surface area contributed by atoms with E-state index in [1.807, 2.05) is 13.0 Å². The first-order chi connectivity index (χ1) is 7.61. The minimum atomic E-state index is -0.316. The van der Waals surface area contributed by atoms with E-state index in [9.17, 15) is 9.18 Å².